The number of rotatable bonds is 3. The maximum absolute atomic E-state index is 12.8. The summed E-state index contributed by atoms with van der Waals surface area (Å²) in [5.74, 6) is 0.398. The maximum Gasteiger partial charge on any atom is 0.257 e. The average Bonchev–Trinajstić information content (AvgIpc) is 2.67. The Hall–Kier alpha value is -3.21. The Balaban J connectivity index is 1.82. The number of nitrogens with one attached hydrogen (secondary N) is 2. The standard InChI is InChI=1S/C21H19N3O2/c1-2-13-8-10-14(11-9-13)16-12-17(25)22-20-18(16)21(26)24-19(23-20)15-6-4-3-5-7-15/h3-11,16H,2,12H2,1H3,(H2,22,23,24,25,26)/t16-/m1/s1. The predicted molar refractivity (Wildman–Crippen MR) is 101 cm³/mol. The second-order valence-electron chi connectivity index (χ2n) is 6.44. The summed E-state index contributed by atoms with van der Waals surface area (Å²) >= 11 is 0. The fourth-order valence-corrected chi connectivity index (χ4v) is 3.37. The van der Waals surface area contributed by atoms with E-state index in [-0.39, 0.29) is 23.8 Å². The summed E-state index contributed by atoms with van der Waals surface area (Å²) in [6.07, 6.45) is 1.19. The van der Waals surface area contributed by atoms with Gasteiger partial charge in [-0.2, -0.15) is 0 Å². The van der Waals surface area contributed by atoms with E-state index in [0.717, 1.165) is 17.5 Å². The van der Waals surface area contributed by atoms with Gasteiger partial charge in [0.05, 0.1) is 5.56 Å². The molecule has 0 unspecified atom stereocenters. The molecule has 0 radical (unpaired) electrons. The maximum atomic E-state index is 12.8. The number of fused-ring (bicyclic) bond motifs is 1. The summed E-state index contributed by atoms with van der Waals surface area (Å²) in [6, 6.07) is 17.5. The van der Waals surface area contributed by atoms with Gasteiger partial charge < -0.3 is 10.3 Å². The Morgan fingerprint density at radius 3 is 2.46 bits per heavy atom. The van der Waals surface area contributed by atoms with Gasteiger partial charge in [-0.25, -0.2) is 4.98 Å². The smallest absolute Gasteiger partial charge is 0.257 e. The third kappa shape index (κ3) is 2.92. The molecule has 4 rings (SSSR count). The Kier molecular flexibility index (Phi) is 4.13. The van der Waals surface area contributed by atoms with Crippen molar-refractivity contribution < 1.29 is 4.79 Å². The first kappa shape index (κ1) is 16.3. The lowest BCUT2D eigenvalue weighted by atomic mass is 9.86. The van der Waals surface area contributed by atoms with Crippen molar-refractivity contribution in [2.45, 2.75) is 25.7 Å². The number of aromatic nitrogens is 2. The molecule has 1 aliphatic heterocycles. The number of nitrogens with zero attached hydrogens (tertiary/aromatic N) is 1. The number of benzene rings is 2. The number of hydrogen-bond donors (Lipinski definition) is 2. The van der Waals surface area contributed by atoms with E-state index < -0.39 is 0 Å². The molecule has 2 N–H and O–H groups in total. The highest BCUT2D eigenvalue weighted by atomic mass is 16.2. The predicted octanol–water partition coefficient (Wildman–Crippen LogP) is 3.47. The Morgan fingerprint density at radius 1 is 1.04 bits per heavy atom. The summed E-state index contributed by atoms with van der Waals surface area (Å²) in [6.45, 7) is 2.10. The van der Waals surface area contributed by atoms with Crippen molar-refractivity contribution in [1.29, 1.82) is 0 Å². The molecule has 26 heavy (non-hydrogen) atoms. The van der Waals surface area contributed by atoms with E-state index in [9.17, 15) is 9.59 Å². The minimum atomic E-state index is -0.286. The topological polar surface area (TPSA) is 74.8 Å². The van der Waals surface area contributed by atoms with Crippen LogP contribution in [-0.4, -0.2) is 15.9 Å². The lowest BCUT2D eigenvalue weighted by molar-refractivity contribution is -0.116. The van der Waals surface area contributed by atoms with Crippen molar-refractivity contribution >= 4 is 11.7 Å². The number of amides is 1. The Labute approximate surface area is 151 Å². The molecule has 0 saturated carbocycles. The first-order chi connectivity index (χ1) is 12.7. The molecule has 1 aromatic heterocycles. The van der Waals surface area contributed by atoms with Gasteiger partial charge in [0.25, 0.3) is 5.56 Å². The van der Waals surface area contributed by atoms with Gasteiger partial charge in [0.1, 0.15) is 11.6 Å². The zero-order valence-corrected chi connectivity index (χ0v) is 14.5. The molecule has 0 saturated heterocycles. The van der Waals surface area contributed by atoms with Crippen molar-refractivity contribution in [3.8, 4) is 11.4 Å². The molecule has 0 bridgehead atoms. The molecule has 2 aromatic carbocycles. The van der Waals surface area contributed by atoms with Gasteiger partial charge in [0.2, 0.25) is 5.91 Å². The van der Waals surface area contributed by atoms with E-state index in [2.05, 4.69) is 22.2 Å². The van der Waals surface area contributed by atoms with Crippen molar-refractivity contribution in [3.05, 3.63) is 81.6 Å². The van der Waals surface area contributed by atoms with Crippen molar-refractivity contribution in [2.24, 2.45) is 0 Å². The minimum absolute atomic E-state index is 0.126. The number of aryl methyl sites for hydroxylation is 1. The van der Waals surface area contributed by atoms with Gasteiger partial charge in [-0.15, -0.1) is 0 Å². The van der Waals surface area contributed by atoms with Gasteiger partial charge in [-0.05, 0) is 17.5 Å². The number of aromatic amines is 1. The van der Waals surface area contributed by atoms with Crippen molar-refractivity contribution in [3.63, 3.8) is 0 Å². The van der Waals surface area contributed by atoms with E-state index >= 15 is 0 Å². The van der Waals surface area contributed by atoms with E-state index in [1.807, 2.05) is 54.6 Å². The molecule has 0 spiro atoms. The molecule has 0 aliphatic carbocycles. The van der Waals surface area contributed by atoms with Crippen LogP contribution in [0.3, 0.4) is 0 Å². The summed E-state index contributed by atoms with van der Waals surface area (Å²) in [5, 5.41) is 2.76. The third-order valence-corrected chi connectivity index (χ3v) is 4.79. The summed E-state index contributed by atoms with van der Waals surface area (Å²) < 4.78 is 0. The van der Waals surface area contributed by atoms with Crippen LogP contribution in [0, 0.1) is 0 Å². The monoisotopic (exact) mass is 345 g/mol. The molecule has 0 fully saturated rings. The van der Waals surface area contributed by atoms with Crippen LogP contribution in [0.15, 0.2) is 59.4 Å². The molecule has 5 nitrogen and oxygen atoms in total. The normalized spacial score (nSPS) is 16.0. The van der Waals surface area contributed by atoms with Crippen molar-refractivity contribution in [1.82, 2.24) is 9.97 Å². The highest BCUT2D eigenvalue weighted by Crippen LogP contribution is 2.34. The summed E-state index contributed by atoms with van der Waals surface area (Å²) in [5.41, 5.74) is 3.29. The molecular formula is C21H19N3O2. The molecule has 1 amide bonds. The molecule has 3 aromatic rings. The highest BCUT2D eigenvalue weighted by molar-refractivity contribution is 5.94. The average molecular weight is 345 g/mol. The number of carbonyl (C=O) groups is 1. The highest BCUT2D eigenvalue weighted by Gasteiger charge is 2.30. The van der Waals surface area contributed by atoms with Crippen LogP contribution in [-0.2, 0) is 11.2 Å². The molecule has 1 atom stereocenters. The Morgan fingerprint density at radius 2 is 1.77 bits per heavy atom. The Bertz CT molecular complexity index is 1010. The molecule has 2 heterocycles. The fourth-order valence-electron chi connectivity index (χ4n) is 3.37. The zero-order valence-electron chi connectivity index (χ0n) is 14.5. The quantitative estimate of drug-likeness (QED) is 0.763. The second kappa shape index (κ2) is 6.59. The molecular weight excluding hydrogens is 326 g/mol. The SMILES string of the molecule is CCc1ccc([C@H]2CC(=O)Nc3nc(-c4ccccc4)[nH]c(=O)c32)cc1. The lowest BCUT2D eigenvalue weighted by Gasteiger charge is -2.24. The van der Waals surface area contributed by atoms with E-state index in [4.69, 9.17) is 0 Å². The van der Waals surface area contributed by atoms with Gasteiger partial charge >= 0.3 is 0 Å². The van der Waals surface area contributed by atoms with Gasteiger partial charge in [0, 0.05) is 17.9 Å². The third-order valence-electron chi connectivity index (χ3n) is 4.79. The largest absolute Gasteiger partial charge is 0.310 e. The van der Waals surface area contributed by atoms with E-state index in [1.54, 1.807) is 0 Å². The molecule has 130 valence electrons. The molecule has 1 aliphatic rings. The van der Waals surface area contributed by atoms with E-state index in [1.165, 1.54) is 5.56 Å². The zero-order chi connectivity index (χ0) is 18.1. The summed E-state index contributed by atoms with van der Waals surface area (Å²) in [4.78, 5) is 32.4. The van der Waals surface area contributed by atoms with E-state index in [0.29, 0.717) is 17.2 Å². The molecule has 5 heteroatoms. The van der Waals surface area contributed by atoms with Crippen LogP contribution in [0.1, 0.15) is 36.0 Å². The van der Waals surface area contributed by atoms with Crippen LogP contribution in [0.5, 0.6) is 0 Å². The first-order valence-electron chi connectivity index (χ1n) is 8.74. The van der Waals surface area contributed by atoms with Gasteiger partial charge in [0.15, 0.2) is 0 Å². The number of anilines is 1. The van der Waals surface area contributed by atoms with Crippen LogP contribution in [0.4, 0.5) is 5.82 Å². The first-order valence-corrected chi connectivity index (χ1v) is 8.74. The lowest BCUT2D eigenvalue weighted by Crippen LogP contribution is -2.31. The van der Waals surface area contributed by atoms with Crippen LogP contribution in [0.2, 0.25) is 0 Å². The van der Waals surface area contributed by atoms with Gasteiger partial charge in [-0.1, -0.05) is 61.5 Å². The fraction of sp³-hybridized carbons (Fsp3) is 0.190. The summed E-state index contributed by atoms with van der Waals surface area (Å²) in [7, 11) is 0. The number of H-pyrrole nitrogens is 1. The number of hydrogen-bond acceptors (Lipinski definition) is 3. The second-order valence-corrected chi connectivity index (χ2v) is 6.44. The number of carbonyl (C=O) groups excluding carboxylic acids is 1. The van der Waals surface area contributed by atoms with Gasteiger partial charge in [-0.3, -0.25) is 9.59 Å². The minimum Gasteiger partial charge on any atom is -0.310 e. The van der Waals surface area contributed by atoms with Crippen LogP contribution in [0.25, 0.3) is 11.4 Å². The van der Waals surface area contributed by atoms with Crippen molar-refractivity contribution in [2.75, 3.05) is 5.32 Å². The van der Waals surface area contributed by atoms with Crippen LogP contribution < -0.4 is 10.9 Å². The van der Waals surface area contributed by atoms with Crippen LogP contribution >= 0.6 is 0 Å².